The summed E-state index contributed by atoms with van der Waals surface area (Å²) in [5.41, 5.74) is 5.21. The number of anilines is 1. The first-order valence-corrected chi connectivity index (χ1v) is 13.4. The number of imide groups is 1. The number of amides is 2. The van der Waals surface area contributed by atoms with Crippen molar-refractivity contribution in [3.8, 4) is 0 Å². The Kier molecular flexibility index (Phi) is 6.80. The van der Waals surface area contributed by atoms with E-state index in [1.165, 1.54) is 10.5 Å². The van der Waals surface area contributed by atoms with Crippen LogP contribution in [0.5, 0.6) is 0 Å². The number of aryl methyl sites for hydroxylation is 3. The van der Waals surface area contributed by atoms with Gasteiger partial charge in [0, 0.05) is 37.0 Å². The number of aromatic nitrogens is 1. The summed E-state index contributed by atoms with van der Waals surface area (Å²) in [6.07, 6.45) is 1.17. The van der Waals surface area contributed by atoms with Gasteiger partial charge in [-0.1, -0.05) is 5.16 Å². The van der Waals surface area contributed by atoms with Crippen LogP contribution >= 0.6 is 0 Å². The van der Waals surface area contributed by atoms with Crippen LogP contribution in [0.15, 0.2) is 11.2 Å². The first-order chi connectivity index (χ1) is 17.2. The molecule has 36 heavy (non-hydrogen) atoms. The SMILES string of the molecule is CCN1C(=O)[C@@H]2[C@H]3[C@H](O)[C@H](O)CC(=NO[C@H](C)CN4CCCc5nc(C)c(C)cc54)[C@@H]3CC[C@H]2C1=O. The lowest BCUT2D eigenvalue weighted by Gasteiger charge is -2.45. The molecule has 1 aromatic heterocycles. The first kappa shape index (κ1) is 25.1. The molecular formula is C27H38N4O5. The van der Waals surface area contributed by atoms with Gasteiger partial charge in [0.05, 0.1) is 47.7 Å². The summed E-state index contributed by atoms with van der Waals surface area (Å²) in [7, 11) is 0. The summed E-state index contributed by atoms with van der Waals surface area (Å²) in [4.78, 5) is 40.2. The van der Waals surface area contributed by atoms with Crippen LogP contribution in [0.2, 0.25) is 0 Å². The van der Waals surface area contributed by atoms with Crippen molar-refractivity contribution in [2.75, 3.05) is 24.5 Å². The number of aliphatic hydroxyl groups is 2. The van der Waals surface area contributed by atoms with Gasteiger partial charge in [0.25, 0.3) is 0 Å². The fourth-order valence-corrected chi connectivity index (χ4v) is 6.80. The molecule has 196 valence electrons. The zero-order chi connectivity index (χ0) is 25.7. The number of pyridine rings is 1. The van der Waals surface area contributed by atoms with Gasteiger partial charge in [-0.15, -0.1) is 0 Å². The van der Waals surface area contributed by atoms with Crippen molar-refractivity contribution >= 4 is 23.2 Å². The average Bonchev–Trinajstić information content (AvgIpc) is 3.10. The van der Waals surface area contributed by atoms with E-state index in [4.69, 9.17) is 9.82 Å². The van der Waals surface area contributed by atoms with E-state index in [-0.39, 0.29) is 30.3 Å². The fourth-order valence-electron chi connectivity index (χ4n) is 6.80. The highest BCUT2D eigenvalue weighted by molar-refractivity contribution is 6.06. The number of carbonyl (C=O) groups is 2. The third kappa shape index (κ3) is 4.20. The smallest absolute Gasteiger partial charge is 0.233 e. The highest BCUT2D eigenvalue weighted by atomic mass is 16.6. The van der Waals surface area contributed by atoms with Gasteiger partial charge in [0.2, 0.25) is 11.8 Å². The number of oxime groups is 1. The molecule has 9 nitrogen and oxygen atoms in total. The van der Waals surface area contributed by atoms with Crippen molar-refractivity contribution in [3.63, 3.8) is 0 Å². The van der Waals surface area contributed by atoms with Crippen LogP contribution in [-0.4, -0.2) is 75.6 Å². The lowest BCUT2D eigenvalue weighted by atomic mass is 9.60. The molecule has 3 fully saturated rings. The maximum absolute atomic E-state index is 13.1. The summed E-state index contributed by atoms with van der Waals surface area (Å²) < 4.78 is 0. The van der Waals surface area contributed by atoms with Crippen molar-refractivity contribution < 1.29 is 24.6 Å². The number of rotatable bonds is 5. The topological polar surface area (TPSA) is 116 Å². The fraction of sp³-hybridized carbons (Fsp3) is 0.704. The maximum Gasteiger partial charge on any atom is 0.233 e. The minimum atomic E-state index is -1.06. The second-order valence-electron chi connectivity index (χ2n) is 11.0. The molecule has 2 aliphatic carbocycles. The van der Waals surface area contributed by atoms with E-state index in [1.54, 1.807) is 6.92 Å². The molecule has 7 atom stereocenters. The van der Waals surface area contributed by atoms with Crippen LogP contribution in [0.3, 0.4) is 0 Å². The summed E-state index contributed by atoms with van der Waals surface area (Å²) >= 11 is 0. The number of likely N-dealkylation sites (tertiary alicyclic amines) is 1. The van der Waals surface area contributed by atoms with Crippen LogP contribution < -0.4 is 4.90 Å². The van der Waals surface area contributed by atoms with E-state index in [2.05, 4.69) is 23.0 Å². The molecule has 0 spiro atoms. The van der Waals surface area contributed by atoms with Gasteiger partial charge in [0.1, 0.15) is 6.10 Å². The Morgan fingerprint density at radius 3 is 2.69 bits per heavy atom. The molecule has 0 radical (unpaired) electrons. The number of aliphatic hydroxyl groups excluding tert-OH is 2. The minimum absolute atomic E-state index is 0.150. The van der Waals surface area contributed by atoms with Gasteiger partial charge < -0.3 is 20.0 Å². The lowest BCUT2D eigenvalue weighted by Crippen LogP contribution is -2.54. The van der Waals surface area contributed by atoms with Crippen molar-refractivity contribution in [2.45, 2.75) is 78.1 Å². The second kappa shape index (κ2) is 9.74. The Labute approximate surface area is 212 Å². The number of hydrogen-bond acceptors (Lipinski definition) is 8. The molecule has 5 rings (SSSR count). The molecule has 4 aliphatic rings. The van der Waals surface area contributed by atoms with Crippen LogP contribution in [0.1, 0.15) is 56.5 Å². The van der Waals surface area contributed by atoms with Gasteiger partial charge in [0.15, 0.2) is 0 Å². The molecule has 0 aromatic carbocycles. The molecule has 9 heteroatoms. The van der Waals surface area contributed by atoms with Gasteiger partial charge in [-0.3, -0.25) is 19.5 Å². The molecule has 3 heterocycles. The van der Waals surface area contributed by atoms with Gasteiger partial charge in [-0.25, -0.2) is 0 Å². The summed E-state index contributed by atoms with van der Waals surface area (Å²) in [6.45, 7) is 9.82. The van der Waals surface area contributed by atoms with Gasteiger partial charge in [-0.2, -0.15) is 0 Å². The highest BCUT2D eigenvalue weighted by Crippen LogP contribution is 2.49. The third-order valence-electron chi connectivity index (χ3n) is 8.72. The first-order valence-electron chi connectivity index (χ1n) is 13.4. The lowest BCUT2D eigenvalue weighted by molar-refractivity contribution is -0.141. The van der Waals surface area contributed by atoms with Crippen LogP contribution in [0.25, 0.3) is 0 Å². The van der Waals surface area contributed by atoms with Crippen molar-refractivity contribution in [2.24, 2.45) is 28.8 Å². The Morgan fingerprint density at radius 2 is 1.94 bits per heavy atom. The van der Waals surface area contributed by atoms with Crippen molar-refractivity contribution in [1.82, 2.24) is 9.88 Å². The molecule has 0 unspecified atom stereocenters. The monoisotopic (exact) mass is 498 g/mol. The number of nitrogens with zero attached hydrogens (tertiary/aromatic N) is 4. The average molecular weight is 499 g/mol. The Balaban J connectivity index is 1.31. The summed E-state index contributed by atoms with van der Waals surface area (Å²) in [5, 5.41) is 26.0. The van der Waals surface area contributed by atoms with Crippen molar-refractivity contribution in [1.29, 1.82) is 0 Å². The zero-order valence-electron chi connectivity index (χ0n) is 21.7. The molecule has 2 amide bonds. The zero-order valence-corrected chi connectivity index (χ0v) is 21.7. The molecular weight excluding hydrogens is 460 g/mol. The summed E-state index contributed by atoms with van der Waals surface area (Å²) in [5.74, 6) is -2.11. The Morgan fingerprint density at radius 1 is 1.19 bits per heavy atom. The quantitative estimate of drug-likeness (QED) is 0.471. The van der Waals surface area contributed by atoms with Crippen LogP contribution in [0, 0.1) is 37.5 Å². The standard InChI is InChI=1S/C27H38N4O5/c1-5-31-26(34)18-9-8-17-20(12-22(32)25(33)23(17)24(18)27(31)35)29-36-15(3)13-30-10-6-7-19-21(30)11-14(2)16(4)28-19/h11,15,17-18,22-25,32-33H,5-10,12-13H2,1-4H3/t15-,17+,18-,22-,23+,24+,25-/m1/s1. The normalized spacial score (nSPS) is 33.9. The van der Waals surface area contributed by atoms with E-state index >= 15 is 0 Å². The van der Waals surface area contributed by atoms with E-state index in [0.29, 0.717) is 31.6 Å². The molecule has 2 N–H and O–H groups in total. The number of fused-ring (bicyclic) bond motifs is 4. The van der Waals surface area contributed by atoms with Gasteiger partial charge in [-0.05, 0) is 65.0 Å². The molecule has 1 saturated heterocycles. The minimum Gasteiger partial charge on any atom is -0.391 e. The number of hydrogen-bond donors (Lipinski definition) is 2. The van der Waals surface area contributed by atoms with E-state index in [0.717, 1.165) is 36.5 Å². The largest absolute Gasteiger partial charge is 0.391 e. The predicted molar refractivity (Wildman–Crippen MR) is 134 cm³/mol. The van der Waals surface area contributed by atoms with E-state index in [1.807, 2.05) is 13.8 Å². The van der Waals surface area contributed by atoms with Gasteiger partial charge >= 0.3 is 0 Å². The van der Waals surface area contributed by atoms with Crippen molar-refractivity contribution in [3.05, 3.63) is 23.0 Å². The van der Waals surface area contributed by atoms with E-state index in [9.17, 15) is 19.8 Å². The third-order valence-corrected chi connectivity index (χ3v) is 8.72. The predicted octanol–water partition coefficient (Wildman–Crippen LogP) is 1.98. The number of carbonyl (C=O) groups excluding carboxylic acids is 2. The highest BCUT2D eigenvalue weighted by Gasteiger charge is 2.59. The van der Waals surface area contributed by atoms with Crippen LogP contribution in [-0.2, 0) is 20.8 Å². The maximum atomic E-state index is 13.1. The van der Waals surface area contributed by atoms with E-state index < -0.39 is 30.0 Å². The Bertz CT molecular complexity index is 1070. The van der Waals surface area contributed by atoms with Crippen LogP contribution in [0.4, 0.5) is 5.69 Å². The molecule has 2 aliphatic heterocycles. The molecule has 0 bridgehead atoms. The Hall–Kier alpha value is -2.52. The second-order valence-corrected chi connectivity index (χ2v) is 11.0. The molecule has 2 saturated carbocycles. The summed E-state index contributed by atoms with van der Waals surface area (Å²) in [6, 6.07) is 2.21. The molecule has 1 aromatic rings.